The Labute approximate surface area is 85.5 Å². The van der Waals surface area contributed by atoms with E-state index < -0.39 is 12.0 Å². The fourth-order valence-corrected chi connectivity index (χ4v) is 2.54. The van der Waals surface area contributed by atoms with Crippen LogP contribution in [-0.4, -0.2) is 38.0 Å². The molecule has 5 nitrogen and oxygen atoms in total. The van der Waals surface area contributed by atoms with E-state index in [-0.39, 0.29) is 5.37 Å². The zero-order chi connectivity index (χ0) is 9.97. The Morgan fingerprint density at radius 1 is 1.79 bits per heavy atom. The van der Waals surface area contributed by atoms with Gasteiger partial charge in [-0.2, -0.15) is 5.10 Å². The van der Waals surface area contributed by atoms with Gasteiger partial charge in [0.1, 0.15) is 6.04 Å². The zero-order valence-corrected chi connectivity index (χ0v) is 8.28. The van der Waals surface area contributed by atoms with E-state index in [2.05, 4.69) is 10.4 Å². The lowest BCUT2D eigenvalue weighted by molar-refractivity contribution is -0.138. The van der Waals surface area contributed by atoms with Crippen LogP contribution in [0.5, 0.6) is 0 Å². The first-order valence-electron chi connectivity index (χ1n) is 4.33. The lowest BCUT2D eigenvalue weighted by atomic mass is 10.3. The molecular weight excluding hydrogens is 202 g/mol. The van der Waals surface area contributed by atoms with Gasteiger partial charge in [0, 0.05) is 18.1 Å². The van der Waals surface area contributed by atoms with E-state index >= 15 is 0 Å². The Balaban J connectivity index is 1.87. The lowest BCUT2D eigenvalue weighted by Crippen LogP contribution is -2.38. The second kappa shape index (κ2) is 4.02. The maximum atomic E-state index is 10.7. The maximum Gasteiger partial charge on any atom is 0.321 e. The minimum Gasteiger partial charge on any atom is -0.480 e. The highest BCUT2D eigenvalue weighted by Crippen LogP contribution is 2.19. The molecule has 2 heterocycles. The molecule has 0 aromatic carbocycles. The van der Waals surface area contributed by atoms with Gasteiger partial charge in [0.15, 0.2) is 0 Å². The third kappa shape index (κ3) is 2.08. The number of nitrogens with one attached hydrogen (secondary N) is 1. The molecule has 0 saturated carbocycles. The van der Waals surface area contributed by atoms with Crippen LogP contribution in [0, 0.1) is 0 Å². The molecule has 0 amide bonds. The smallest absolute Gasteiger partial charge is 0.321 e. The van der Waals surface area contributed by atoms with E-state index in [0.29, 0.717) is 12.3 Å². The quantitative estimate of drug-likeness (QED) is 0.739. The molecule has 1 saturated heterocycles. The summed E-state index contributed by atoms with van der Waals surface area (Å²) in [5.41, 5.74) is 0. The van der Waals surface area contributed by atoms with Crippen LogP contribution >= 0.6 is 11.8 Å². The van der Waals surface area contributed by atoms with Crippen molar-refractivity contribution in [1.29, 1.82) is 0 Å². The number of nitrogens with zero attached hydrogens (tertiary/aromatic N) is 2. The predicted octanol–water partition coefficient (Wildman–Crippen LogP) is -0.00120. The fourth-order valence-electron chi connectivity index (χ4n) is 1.36. The first-order valence-corrected chi connectivity index (χ1v) is 5.38. The molecule has 1 aliphatic rings. The number of aliphatic carboxylic acids is 1. The molecule has 76 valence electrons. The third-order valence-electron chi connectivity index (χ3n) is 2.06. The van der Waals surface area contributed by atoms with Crippen molar-refractivity contribution in [2.24, 2.45) is 0 Å². The van der Waals surface area contributed by atoms with Gasteiger partial charge in [-0.25, -0.2) is 0 Å². The zero-order valence-electron chi connectivity index (χ0n) is 7.46. The highest BCUT2D eigenvalue weighted by molar-refractivity contribution is 8.00. The molecule has 2 atom stereocenters. The second-order valence-corrected chi connectivity index (χ2v) is 4.34. The highest BCUT2D eigenvalue weighted by Gasteiger charge is 2.29. The van der Waals surface area contributed by atoms with E-state index in [4.69, 9.17) is 5.11 Å². The number of carbonyl (C=O) groups is 1. The van der Waals surface area contributed by atoms with Gasteiger partial charge < -0.3 is 5.11 Å². The second-order valence-electron chi connectivity index (χ2n) is 3.11. The van der Waals surface area contributed by atoms with E-state index in [1.807, 2.05) is 12.3 Å². The van der Waals surface area contributed by atoms with Gasteiger partial charge in [0.25, 0.3) is 0 Å². The van der Waals surface area contributed by atoms with Crippen molar-refractivity contribution in [3.8, 4) is 0 Å². The average Bonchev–Trinajstić information content (AvgIpc) is 2.75. The van der Waals surface area contributed by atoms with Crippen LogP contribution in [0.25, 0.3) is 0 Å². The summed E-state index contributed by atoms with van der Waals surface area (Å²) in [5.74, 6) is -0.151. The van der Waals surface area contributed by atoms with Crippen molar-refractivity contribution in [3.63, 3.8) is 0 Å². The largest absolute Gasteiger partial charge is 0.480 e. The number of thioether (sulfide) groups is 1. The van der Waals surface area contributed by atoms with Crippen LogP contribution in [0.1, 0.15) is 0 Å². The molecule has 0 bridgehead atoms. The number of carboxylic acids is 1. The number of rotatable bonds is 3. The Bertz CT molecular complexity index is 314. The summed E-state index contributed by atoms with van der Waals surface area (Å²) in [7, 11) is 0. The molecule has 1 aromatic rings. The van der Waals surface area contributed by atoms with Crippen LogP contribution < -0.4 is 5.32 Å². The lowest BCUT2D eigenvalue weighted by Gasteiger charge is -2.10. The molecule has 2 unspecified atom stereocenters. The molecule has 1 aliphatic heterocycles. The van der Waals surface area contributed by atoms with Crippen LogP contribution in [0.15, 0.2) is 18.5 Å². The molecule has 1 fully saturated rings. The highest BCUT2D eigenvalue weighted by atomic mass is 32.2. The molecule has 14 heavy (non-hydrogen) atoms. The third-order valence-corrected chi connectivity index (χ3v) is 3.27. The van der Waals surface area contributed by atoms with Crippen molar-refractivity contribution >= 4 is 17.7 Å². The van der Waals surface area contributed by atoms with Gasteiger partial charge in [-0.3, -0.25) is 14.8 Å². The Kier molecular flexibility index (Phi) is 2.74. The van der Waals surface area contributed by atoms with Crippen molar-refractivity contribution in [2.45, 2.75) is 18.0 Å². The summed E-state index contributed by atoms with van der Waals surface area (Å²) < 4.78 is 1.80. The molecule has 1 aromatic heterocycles. The molecule has 6 heteroatoms. The summed E-state index contributed by atoms with van der Waals surface area (Å²) in [6.07, 6.45) is 3.59. The maximum absolute atomic E-state index is 10.7. The fraction of sp³-hybridized carbons (Fsp3) is 0.500. The van der Waals surface area contributed by atoms with Crippen molar-refractivity contribution in [3.05, 3.63) is 18.5 Å². The van der Waals surface area contributed by atoms with E-state index in [1.165, 1.54) is 0 Å². The topological polar surface area (TPSA) is 67.1 Å². The van der Waals surface area contributed by atoms with Gasteiger partial charge in [-0.15, -0.1) is 11.8 Å². The average molecular weight is 213 g/mol. The molecule has 2 N–H and O–H groups in total. The van der Waals surface area contributed by atoms with Crippen LogP contribution in [0.2, 0.25) is 0 Å². The van der Waals surface area contributed by atoms with Gasteiger partial charge in [-0.1, -0.05) is 0 Å². The normalized spacial score (nSPS) is 26.6. The summed E-state index contributed by atoms with van der Waals surface area (Å²) in [5, 5.41) is 16.0. The number of hydrogen-bond acceptors (Lipinski definition) is 4. The van der Waals surface area contributed by atoms with Crippen LogP contribution in [-0.2, 0) is 11.3 Å². The Hall–Kier alpha value is -1.01. The summed E-state index contributed by atoms with van der Waals surface area (Å²) in [6.45, 7) is 0.710. The molecular formula is C8H11N3O2S. The monoisotopic (exact) mass is 213 g/mol. The minimum atomic E-state index is -0.777. The molecule has 0 radical (unpaired) electrons. The number of aromatic nitrogens is 2. The number of carboxylic acid groups (broad SMARTS) is 1. The summed E-state index contributed by atoms with van der Waals surface area (Å²) >= 11 is 1.62. The van der Waals surface area contributed by atoms with Gasteiger partial charge in [0.05, 0.1) is 11.9 Å². The summed E-state index contributed by atoms with van der Waals surface area (Å²) in [4.78, 5) is 10.7. The van der Waals surface area contributed by atoms with Gasteiger partial charge >= 0.3 is 5.97 Å². The van der Waals surface area contributed by atoms with Crippen LogP contribution in [0.3, 0.4) is 0 Å². The standard InChI is InChI=1S/C8H11N3O2S/c12-8(13)6-5-14-7(10-6)4-11-3-1-2-9-11/h1-3,6-7,10H,4-5H2,(H,12,13). The molecule has 2 rings (SSSR count). The minimum absolute atomic E-state index is 0.149. The van der Waals surface area contributed by atoms with Gasteiger partial charge in [-0.05, 0) is 6.07 Å². The van der Waals surface area contributed by atoms with E-state index in [0.717, 1.165) is 0 Å². The Morgan fingerprint density at radius 2 is 2.64 bits per heavy atom. The van der Waals surface area contributed by atoms with E-state index in [1.54, 1.807) is 22.6 Å². The molecule has 0 aliphatic carbocycles. The van der Waals surface area contributed by atoms with Crippen molar-refractivity contribution in [2.75, 3.05) is 5.75 Å². The number of hydrogen-bond donors (Lipinski definition) is 2. The predicted molar refractivity (Wildman–Crippen MR) is 53.0 cm³/mol. The SMILES string of the molecule is O=C(O)C1CSC(Cn2cccn2)N1. The first kappa shape index (κ1) is 9.54. The van der Waals surface area contributed by atoms with Gasteiger partial charge in [0.2, 0.25) is 0 Å². The van der Waals surface area contributed by atoms with Crippen molar-refractivity contribution in [1.82, 2.24) is 15.1 Å². The van der Waals surface area contributed by atoms with Crippen molar-refractivity contribution < 1.29 is 9.90 Å². The first-order chi connectivity index (χ1) is 6.75. The summed E-state index contributed by atoms with van der Waals surface area (Å²) in [6, 6.07) is 1.44. The van der Waals surface area contributed by atoms with Crippen LogP contribution in [0.4, 0.5) is 0 Å². The van der Waals surface area contributed by atoms with E-state index in [9.17, 15) is 4.79 Å². The Morgan fingerprint density at radius 3 is 3.21 bits per heavy atom. The molecule has 0 spiro atoms.